The van der Waals surface area contributed by atoms with Crippen molar-refractivity contribution in [2.75, 3.05) is 13.1 Å². The molecule has 0 spiro atoms. The Morgan fingerprint density at radius 3 is 2.75 bits per heavy atom. The van der Waals surface area contributed by atoms with Gasteiger partial charge in [-0.1, -0.05) is 13.8 Å². The molecule has 0 N–H and O–H groups in total. The molecular formula is C10H18N2. The Bertz CT molecular complexity index is 210. The molecule has 3 atom stereocenters. The van der Waals surface area contributed by atoms with Crippen molar-refractivity contribution in [1.82, 2.24) is 4.90 Å². The molecule has 12 heavy (non-hydrogen) atoms. The van der Waals surface area contributed by atoms with Gasteiger partial charge in [0, 0.05) is 25.0 Å². The first-order valence-corrected chi connectivity index (χ1v) is 5.01. The first kappa shape index (κ1) is 8.09. The standard InChI is InChI=1S/C10H18N2/c1-7-6-12-8(2)4-5-11-10(12)9(7)3/h7-9H,4-6H2,1-3H3. The molecular weight excluding hydrogens is 148 g/mol. The van der Waals surface area contributed by atoms with Crippen LogP contribution >= 0.6 is 0 Å². The highest BCUT2D eigenvalue weighted by Crippen LogP contribution is 2.29. The molecule has 1 fully saturated rings. The van der Waals surface area contributed by atoms with E-state index in [2.05, 4.69) is 30.7 Å². The molecule has 3 unspecified atom stereocenters. The van der Waals surface area contributed by atoms with Gasteiger partial charge in [-0.15, -0.1) is 0 Å². The lowest BCUT2D eigenvalue weighted by atomic mass is 10.00. The Morgan fingerprint density at radius 2 is 2.08 bits per heavy atom. The average molecular weight is 166 g/mol. The van der Waals surface area contributed by atoms with Crippen LogP contribution in [0.25, 0.3) is 0 Å². The molecule has 0 bridgehead atoms. The van der Waals surface area contributed by atoms with Gasteiger partial charge in [-0.25, -0.2) is 0 Å². The van der Waals surface area contributed by atoms with E-state index < -0.39 is 0 Å². The monoisotopic (exact) mass is 166 g/mol. The van der Waals surface area contributed by atoms with E-state index >= 15 is 0 Å². The Morgan fingerprint density at radius 1 is 1.33 bits per heavy atom. The van der Waals surface area contributed by atoms with Crippen molar-refractivity contribution in [2.45, 2.75) is 33.2 Å². The molecule has 0 radical (unpaired) electrons. The number of aliphatic imine (C=N–C) groups is 1. The predicted octanol–water partition coefficient (Wildman–Crippen LogP) is 1.76. The summed E-state index contributed by atoms with van der Waals surface area (Å²) >= 11 is 0. The van der Waals surface area contributed by atoms with Crippen molar-refractivity contribution in [3.8, 4) is 0 Å². The van der Waals surface area contributed by atoms with Crippen molar-refractivity contribution in [3.05, 3.63) is 0 Å². The van der Waals surface area contributed by atoms with Crippen molar-refractivity contribution in [3.63, 3.8) is 0 Å². The minimum absolute atomic E-state index is 0.688. The van der Waals surface area contributed by atoms with Gasteiger partial charge in [0.15, 0.2) is 0 Å². The summed E-state index contributed by atoms with van der Waals surface area (Å²) in [5.74, 6) is 2.86. The second-order valence-electron chi connectivity index (χ2n) is 4.30. The van der Waals surface area contributed by atoms with E-state index in [0.29, 0.717) is 5.92 Å². The summed E-state index contributed by atoms with van der Waals surface area (Å²) in [6.07, 6.45) is 1.24. The van der Waals surface area contributed by atoms with Crippen LogP contribution in [-0.4, -0.2) is 29.9 Å². The average Bonchev–Trinajstić information content (AvgIpc) is 2.32. The summed E-state index contributed by atoms with van der Waals surface area (Å²) in [5.41, 5.74) is 0. The molecule has 0 amide bonds. The first-order chi connectivity index (χ1) is 5.70. The topological polar surface area (TPSA) is 15.6 Å². The summed E-state index contributed by atoms with van der Waals surface area (Å²) < 4.78 is 0. The zero-order valence-electron chi connectivity index (χ0n) is 8.25. The number of hydrogen-bond donors (Lipinski definition) is 0. The number of rotatable bonds is 0. The molecule has 2 nitrogen and oxygen atoms in total. The van der Waals surface area contributed by atoms with Gasteiger partial charge in [0.2, 0.25) is 0 Å². The van der Waals surface area contributed by atoms with Crippen LogP contribution in [-0.2, 0) is 0 Å². The van der Waals surface area contributed by atoms with Gasteiger partial charge in [-0.3, -0.25) is 4.99 Å². The Labute approximate surface area is 74.7 Å². The molecule has 68 valence electrons. The summed E-state index contributed by atoms with van der Waals surface area (Å²) in [6.45, 7) is 9.23. The summed E-state index contributed by atoms with van der Waals surface area (Å²) in [6, 6.07) is 0.727. The van der Waals surface area contributed by atoms with Crippen LogP contribution in [0.2, 0.25) is 0 Å². The highest BCUT2D eigenvalue weighted by Gasteiger charge is 2.36. The third-order valence-electron chi connectivity index (χ3n) is 3.39. The molecule has 0 aromatic rings. The third-order valence-corrected chi connectivity index (χ3v) is 3.39. The second-order valence-corrected chi connectivity index (χ2v) is 4.30. The van der Waals surface area contributed by atoms with Crippen LogP contribution in [0.4, 0.5) is 0 Å². The van der Waals surface area contributed by atoms with Crippen LogP contribution < -0.4 is 0 Å². The minimum atomic E-state index is 0.688. The number of amidine groups is 1. The summed E-state index contributed by atoms with van der Waals surface area (Å²) in [4.78, 5) is 7.11. The van der Waals surface area contributed by atoms with Crippen LogP contribution in [0.3, 0.4) is 0 Å². The molecule has 0 aromatic heterocycles. The van der Waals surface area contributed by atoms with E-state index in [1.807, 2.05) is 0 Å². The fourth-order valence-electron chi connectivity index (χ4n) is 2.24. The van der Waals surface area contributed by atoms with Gasteiger partial charge in [0.25, 0.3) is 0 Å². The maximum Gasteiger partial charge on any atom is 0.102 e. The molecule has 2 heteroatoms. The molecule has 2 heterocycles. The minimum Gasteiger partial charge on any atom is -0.357 e. The smallest absolute Gasteiger partial charge is 0.102 e. The molecule has 0 aliphatic carbocycles. The molecule has 2 rings (SSSR count). The predicted molar refractivity (Wildman–Crippen MR) is 51.4 cm³/mol. The van der Waals surface area contributed by atoms with E-state index in [4.69, 9.17) is 0 Å². The van der Waals surface area contributed by atoms with Crippen molar-refractivity contribution >= 4 is 5.84 Å². The zero-order chi connectivity index (χ0) is 8.72. The van der Waals surface area contributed by atoms with Gasteiger partial charge in [-0.2, -0.15) is 0 Å². The van der Waals surface area contributed by atoms with E-state index in [1.165, 1.54) is 18.8 Å². The number of nitrogens with zero attached hydrogens (tertiary/aromatic N) is 2. The Hall–Kier alpha value is -0.530. The largest absolute Gasteiger partial charge is 0.357 e. The van der Waals surface area contributed by atoms with Gasteiger partial charge in [0.05, 0.1) is 0 Å². The van der Waals surface area contributed by atoms with Crippen LogP contribution in [0.5, 0.6) is 0 Å². The normalized spacial score (nSPS) is 41.1. The maximum absolute atomic E-state index is 4.62. The van der Waals surface area contributed by atoms with E-state index in [-0.39, 0.29) is 0 Å². The lowest BCUT2D eigenvalue weighted by Crippen LogP contribution is -2.39. The molecule has 2 aliphatic heterocycles. The third kappa shape index (κ3) is 1.05. The Balaban J connectivity index is 2.24. The highest BCUT2D eigenvalue weighted by molar-refractivity contribution is 5.87. The van der Waals surface area contributed by atoms with E-state index in [0.717, 1.165) is 18.5 Å². The summed E-state index contributed by atoms with van der Waals surface area (Å²) in [7, 11) is 0. The van der Waals surface area contributed by atoms with Crippen LogP contribution in [0.15, 0.2) is 4.99 Å². The SMILES string of the molecule is CC1CN2C(=NCCC2C)C1C. The second kappa shape index (κ2) is 2.75. The van der Waals surface area contributed by atoms with Crippen molar-refractivity contribution in [1.29, 1.82) is 0 Å². The van der Waals surface area contributed by atoms with Gasteiger partial charge < -0.3 is 4.90 Å². The van der Waals surface area contributed by atoms with Gasteiger partial charge in [-0.05, 0) is 19.3 Å². The maximum atomic E-state index is 4.62. The zero-order valence-corrected chi connectivity index (χ0v) is 8.25. The molecule has 0 saturated carbocycles. The fourth-order valence-corrected chi connectivity index (χ4v) is 2.24. The number of fused-ring (bicyclic) bond motifs is 1. The molecule has 2 aliphatic rings. The lowest BCUT2D eigenvalue weighted by Gasteiger charge is -2.30. The van der Waals surface area contributed by atoms with E-state index in [9.17, 15) is 0 Å². The molecule has 0 aromatic carbocycles. The first-order valence-electron chi connectivity index (χ1n) is 5.01. The Kier molecular flexibility index (Phi) is 1.85. The van der Waals surface area contributed by atoms with E-state index in [1.54, 1.807) is 0 Å². The molecule has 1 saturated heterocycles. The number of hydrogen-bond acceptors (Lipinski definition) is 2. The van der Waals surface area contributed by atoms with Gasteiger partial charge in [0.1, 0.15) is 5.84 Å². The van der Waals surface area contributed by atoms with Gasteiger partial charge >= 0.3 is 0 Å². The highest BCUT2D eigenvalue weighted by atomic mass is 15.3. The van der Waals surface area contributed by atoms with Crippen molar-refractivity contribution < 1.29 is 0 Å². The van der Waals surface area contributed by atoms with Crippen molar-refractivity contribution in [2.24, 2.45) is 16.8 Å². The fraction of sp³-hybridized carbons (Fsp3) is 0.900. The quantitative estimate of drug-likeness (QED) is 0.535. The van der Waals surface area contributed by atoms with Crippen LogP contribution in [0, 0.1) is 11.8 Å². The lowest BCUT2D eigenvalue weighted by molar-refractivity contribution is 0.305. The van der Waals surface area contributed by atoms with Crippen LogP contribution in [0.1, 0.15) is 27.2 Å². The summed E-state index contributed by atoms with van der Waals surface area (Å²) in [5, 5.41) is 0.